The molecule has 1 N–H and O–H groups in total. The Morgan fingerprint density at radius 1 is 1.17 bits per heavy atom. The van der Waals surface area contributed by atoms with Crippen LogP contribution in [0.15, 0.2) is 51.6 Å². The van der Waals surface area contributed by atoms with E-state index in [-0.39, 0.29) is 12.5 Å². The molecule has 3 rings (SSSR count). The van der Waals surface area contributed by atoms with Crippen LogP contribution in [0, 0.1) is 0 Å². The van der Waals surface area contributed by atoms with Gasteiger partial charge in [-0.3, -0.25) is 4.79 Å². The number of nitrogens with zero attached hydrogens (tertiary/aromatic N) is 1. The molecule has 1 amide bonds. The van der Waals surface area contributed by atoms with Gasteiger partial charge in [0, 0.05) is 6.07 Å². The molecule has 0 radical (unpaired) electrons. The molecule has 7 heteroatoms. The fraction of sp³-hybridized carbons (Fsp3) is 0.176. The number of nitrogens with one attached hydrogen (secondary N) is 1. The lowest BCUT2D eigenvalue weighted by molar-refractivity contribution is 0.0946. The monoisotopic (exact) mass is 328 g/mol. The maximum absolute atomic E-state index is 12.4. The number of para-hydroxylation sites is 1. The summed E-state index contributed by atoms with van der Waals surface area (Å²) in [5.41, 5.74) is 0.961. The van der Waals surface area contributed by atoms with Crippen LogP contribution in [0.3, 0.4) is 0 Å². The Hall–Kier alpha value is -3.22. The molecule has 0 aliphatic heterocycles. The maximum Gasteiger partial charge on any atom is 0.255 e. The van der Waals surface area contributed by atoms with Crippen molar-refractivity contribution in [3.05, 3.63) is 53.9 Å². The van der Waals surface area contributed by atoms with Crippen LogP contribution in [0.2, 0.25) is 0 Å². The van der Waals surface area contributed by atoms with E-state index in [0.29, 0.717) is 34.3 Å². The largest absolute Gasteiger partial charge is 0.493 e. The second-order valence-electron chi connectivity index (χ2n) is 4.88. The fourth-order valence-electron chi connectivity index (χ4n) is 2.26. The maximum atomic E-state index is 12.4. The molecule has 0 aliphatic rings. The molecule has 24 heavy (non-hydrogen) atoms. The summed E-state index contributed by atoms with van der Waals surface area (Å²) < 4.78 is 20.9. The van der Waals surface area contributed by atoms with Crippen LogP contribution in [0.5, 0.6) is 11.5 Å². The van der Waals surface area contributed by atoms with Crippen LogP contribution in [0.25, 0.3) is 11.5 Å². The van der Waals surface area contributed by atoms with Gasteiger partial charge in [0.15, 0.2) is 17.3 Å². The molecular weight excluding hydrogens is 312 g/mol. The summed E-state index contributed by atoms with van der Waals surface area (Å²) in [7, 11) is 3.01. The van der Waals surface area contributed by atoms with Gasteiger partial charge in [0.05, 0.1) is 32.6 Å². The van der Waals surface area contributed by atoms with Crippen molar-refractivity contribution in [2.75, 3.05) is 14.2 Å². The second-order valence-corrected chi connectivity index (χ2v) is 4.88. The molecule has 7 nitrogen and oxygen atoms in total. The third kappa shape index (κ3) is 3.10. The average Bonchev–Trinajstić information content (AvgIpc) is 3.29. The van der Waals surface area contributed by atoms with Gasteiger partial charge in [-0.15, -0.1) is 0 Å². The van der Waals surface area contributed by atoms with Crippen molar-refractivity contribution >= 4 is 5.91 Å². The van der Waals surface area contributed by atoms with Crippen LogP contribution >= 0.6 is 0 Å². The van der Waals surface area contributed by atoms with E-state index in [9.17, 15) is 4.79 Å². The number of amides is 1. The van der Waals surface area contributed by atoms with Gasteiger partial charge in [-0.05, 0) is 24.3 Å². The van der Waals surface area contributed by atoms with Crippen LogP contribution < -0.4 is 14.8 Å². The molecule has 0 saturated heterocycles. The minimum Gasteiger partial charge on any atom is -0.493 e. The number of carbonyl (C=O) groups excluding carboxylic acids is 1. The first kappa shape index (κ1) is 15.7. The first-order valence-electron chi connectivity index (χ1n) is 7.21. The normalized spacial score (nSPS) is 10.4. The van der Waals surface area contributed by atoms with Crippen molar-refractivity contribution in [3.8, 4) is 23.0 Å². The van der Waals surface area contributed by atoms with Crippen LogP contribution in [-0.2, 0) is 6.54 Å². The molecule has 3 aromatic rings. The van der Waals surface area contributed by atoms with E-state index in [0.717, 1.165) is 0 Å². The third-order valence-corrected chi connectivity index (χ3v) is 3.40. The van der Waals surface area contributed by atoms with E-state index in [1.54, 1.807) is 42.7 Å². The number of methoxy groups -OCH3 is 2. The van der Waals surface area contributed by atoms with Crippen molar-refractivity contribution in [2.45, 2.75) is 6.54 Å². The number of ether oxygens (including phenoxy) is 2. The number of hydrogen-bond donors (Lipinski definition) is 1. The molecule has 0 bridgehead atoms. The zero-order valence-corrected chi connectivity index (χ0v) is 13.2. The summed E-state index contributed by atoms with van der Waals surface area (Å²) in [4.78, 5) is 12.4. The molecule has 0 spiro atoms. The highest BCUT2D eigenvalue weighted by atomic mass is 16.5. The summed E-state index contributed by atoms with van der Waals surface area (Å²) in [5.74, 6) is 1.66. The molecule has 0 atom stereocenters. The highest BCUT2D eigenvalue weighted by molar-refractivity contribution is 5.97. The van der Waals surface area contributed by atoms with Crippen LogP contribution in [0.4, 0.5) is 0 Å². The van der Waals surface area contributed by atoms with Gasteiger partial charge in [-0.2, -0.15) is 0 Å². The van der Waals surface area contributed by atoms with E-state index in [1.807, 2.05) is 0 Å². The zero-order chi connectivity index (χ0) is 16.9. The SMILES string of the molecule is COc1cccc(C(=O)NCc2cc(-c3ccco3)on2)c1OC. The Kier molecular flexibility index (Phi) is 4.51. The predicted molar refractivity (Wildman–Crippen MR) is 84.9 cm³/mol. The van der Waals surface area contributed by atoms with Crippen molar-refractivity contribution in [2.24, 2.45) is 0 Å². The fourth-order valence-corrected chi connectivity index (χ4v) is 2.26. The Balaban J connectivity index is 1.70. The van der Waals surface area contributed by atoms with Crippen molar-refractivity contribution in [1.29, 1.82) is 0 Å². The summed E-state index contributed by atoms with van der Waals surface area (Å²) >= 11 is 0. The van der Waals surface area contributed by atoms with Gasteiger partial charge in [0.25, 0.3) is 5.91 Å². The zero-order valence-electron chi connectivity index (χ0n) is 13.2. The standard InChI is InChI=1S/C17H16N2O5/c1-21-14-6-3-5-12(16(14)22-2)17(20)18-10-11-9-15(24-19-11)13-7-4-8-23-13/h3-9H,10H2,1-2H3,(H,18,20). The second kappa shape index (κ2) is 6.91. The van der Waals surface area contributed by atoms with Gasteiger partial charge >= 0.3 is 0 Å². The molecule has 2 heterocycles. The van der Waals surface area contributed by atoms with E-state index in [2.05, 4.69) is 10.5 Å². The lowest BCUT2D eigenvalue weighted by Gasteiger charge is -2.12. The molecule has 0 saturated carbocycles. The minimum absolute atomic E-state index is 0.212. The third-order valence-electron chi connectivity index (χ3n) is 3.40. The molecule has 0 fully saturated rings. The quantitative estimate of drug-likeness (QED) is 0.749. The number of rotatable bonds is 6. The van der Waals surface area contributed by atoms with E-state index >= 15 is 0 Å². The Morgan fingerprint density at radius 3 is 2.75 bits per heavy atom. The number of aromatic nitrogens is 1. The summed E-state index contributed by atoms with van der Waals surface area (Å²) in [5, 5.41) is 6.68. The number of benzene rings is 1. The first-order valence-corrected chi connectivity index (χ1v) is 7.21. The van der Waals surface area contributed by atoms with E-state index in [1.165, 1.54) is 14.2 Å². The molecular formula is C17H16N2O5. The first-order chi connectivity index (χ1) is 11.7. The van der Waals surface area contributed by atoms with Crippen molar-refractivity contribution in [3.63, 3.8) is 0 Å². The Morgan fingerprint density at radius 2 is 2.04 bits per heavy atom. The van der Waals surface area contributed by atoms with Gasteiger partial charge in [-0.1, -0.05) is 11.2 Å². The predicted octanol–water partition coefficient (Wildman–Crippen LogP) is 2.88. The molecule has 2 aromatic heterocycles. The van der Waals surface area contributed by atoms with Crippen molar-refractivity contribution in [1.82, 2.24) is 10.5 Å². The van der Waals surface area contributed by atoms with Gasteiger partial charge in [-0.25, -0.2) is 0 Å². The smallest absolute Gasteiger partial charge is 0.255 e. The lowest BCUT2D eigenvalue weighted by Crippen LogP contribution is -2.23. The minimum atomic E-state index is -0.298. The van der Waals surface area contributed by atoms with Crippen LogP contribution in [-0.4, -0.2) is 25.3 Å². The van der Waals surface area contributed by atoms with E-state index in [4.69, 9.17) is 18.4 Å². The molecule has 124 valence electrons. The van der Waals surface area contributed by atoms with E-state index < -0.39 is 0 Å². The Labute approximate surface area is 138 Å². The highest BCUT2D eigenvalue weighted by Gasteiger charge is 2.17. The topological polar surface area (TPSA) is 86.7 Å². The summed E-state index contributed by atoms with van der Waals surface area (Å²) in [6, 6.07) is 10.3. The van der Waals surface area contributed by atoms with Gasteiger partial charge < -0.3 is 23.7 Å². The van der Waals surface area contributed by atoms with Gasteiger partial charge in [0.1, 0.15) is 5.69 Å². The highest BCUT2D eigenvalue weighted by Crippen LogP contribution is 2.30. The lowest BCUT2D eigenvalue weighted by atomic mass is 10.1. The van der Waals surface area contributed by atoms with Crippen molar-refractivity contribution < 1.29 is 23.2 Å². The van der Waals surface area contributed by atoms with Gasteiger partial charge in [0.2, 0.25) is 5.76 Å². The summed E-state index contributed by atoms with van der Waals surface area (Å²) in [6.45, 7) is 0.212. The number of hydrogen-bond acceptors (Lipinski definition) is 6. The molecule has 0 aliphatic carbocycles. The number of carbonyl (C=O) groups is 1. The number of furan rings is 1. The van der Waals surface area contributed by atoms with Crippen LogP contribution in [0.1, 0.15) is 16.1 Å². The molecule has 0 unspecified atom stereocenters. The summed E-state index contributed by atoms with van der Waals surface area (Å²) in [6.07, 6.45) is 1.55. The molecule has 1 aromatic carbocycles. The average molecular weight is 328 g/mol. The Bertz CT molecular complexity index is 823.